The van der Waals surface area contributed by atoms with E-state index in [0.29, 0.717) is 17.9 Å². The lowest BCUT2D eigenvalue weighted by molar-refractivity contribution is 0.0821. The van der Waals surface area contributed by atoms with Gasteiger partial charge in [0, 0.05) is 31.1 Å². The molecule has 1 fully saturated rings. The van der Waals surface area contributed by atoms with Gasteiger partial charge in [-0.25, -0.2) is 0 Å². The third-order valence-corrected chi connectivity index (χ3v) is 3.78. The van der Waals surface area contributed by atoms with E-state index in [-0.39, 0.29) is 18.1 Å². The number of ether oxygens (including phenoxy) is 1. The number of carbonyl (C=O) groups excluding carboxylic acids is 1. The van der Waals surface area contributed by atoms with Crippen LogP contribution in [0.15, 0.2) is 24.7 Å². The molecular formula is C15H17N5O2. The minimum absolute atomic E-state index is 0.0950. The standard InChI is InChI=1S/C15H17N5O2/c1-2-20-9-11(8-18-20)14-13(3-4-22-14)19-15(21)10-5-12(6-16)17-7-10/h5,7-9,13-14,17H,2-4H2,1H3,(H,19,21)/t13-,14+/m0/s1. The summed E-state index contributed by atoms with van der Waals surface area (Å²) in [5.41, 5.74) is 1.79. The minimum atomic E-state index is -0.207. The third-order valence-electron chi connectivity index (χ3n) is 3.78. The van der Waals surface area contributed by atoms with Gasteiger partial charge in [0.05, 0.1) is 17.8 Å². The molecular weight excluding hydrogens is 282 g/mol. The average Bonchev–Trinajstić information content (AvgIpc) is 3.26. The highest BCUT2D eigenvalue weighted by atomic mass is 16.5. The van der Waals surface area contributed by atoms with E-state index < -0.39 is 0 Å². The van der Waals surface area contributed by atoms with Gasteiger partial charge in [-0.05, 0) is 19.4 Å². The molecule has 0 unspecified atom stereocenters. The van der Waals surface area contributed by atoms with Crippen molar-refractivity contribution in [3.8, 4) is 6.07 Å². The van der Waals surface area contributed by atoms with Crippen LogP contribution < -0.4 is 5.32 Å². The Bertz CT molecular complexity index is 712. The maximum Gasteiger partial charge on any atom is 0.253 e. The molecule has 0 aliphatic carbocycles. The molecule has 2 atom stereocenters. The van der Waals surface area contributed by atoms with E-state index >= 15 is 0 Å². The van der Waals surface area contributed by atoms with Crippen LogP contribution in [0.2, 0.25) is 0 Å². The maximum absolute atomic E-state index is 12.3. The number of hydrogen-bond acceptors (Lipinski definition) is 4. The SMILES string of the molecule is CCn1cc([C@H]2OCC[C@@H]2NC(=O)c2c[nH]c(C#N)c2)cn1. The average molecular weight is 299 g/mol. The summed E-state index contributed by atoms with van der Waals surface area (Å²) in [4.78, 5) is 15.0. The first kappa shape index (κ1) is 14.4. The molecule has 1 saturated heterocycles. The molecule has 3 rings (SSSR count). The molecule has 7 nitrogen and oxygen atoms in total. The van der Waals surface area contributed by atoms with Crippen LogP contribution in [0.5, 0.6) is 0 Å². The molecule has 2 aromatic heterocycles. The number of nitrogens with one attached hydrogen (secondary N) is 2. The normalized spacial score (nSPS) is 20.7. The van der Waals surface area contributed by atoms with Gasteiger partial charge in [0.2, 0.25) is 0 Å². The Morgan fingerprint density at radius 2 is 2.55 bits per heavy atom. The fraction of sp³-hybridized carbons (Fsp3) is 0.400. The van der Waals surface area contributed by atoms with Crippen molar-refractivity contribution in [3.05, 3.63) is 41.5 Å². The molecule has 2 aromatic rings. The summed E-state index contributed by atoms with van der Waals surface area (Å²) in [6, 6.07) is 3.41. The molecule has 7 heteroatoms. The van der Waals surface area contributed by atoms with Crippen LogP contribution >= 0.6 is 0 Å². The lowest BCUT2D eigenvalue weighted by Gasteiger charge is -2.18. The van der Waals surface area contributed by atoms with E-state index in [1.807, 2.05) is 23.9 Å². The van der Waals surface area contributed by atoms with Crippen LogP contribution in [0.25, 0.3) is 0 Å². The first-order valence-electron chi connectivity index (χ1n) is 7.24. The largest absolute Gasteiger partial charge is 0.371 e. The number of nitriles is 1. The first-order chi connectivity index (χ1) is 10.7. The number of aromatic amines is 1. The number of nitrogens with zero attached hydrogens (tertiary/aromatic N) is 3. The van der Waals surface area contributed by atoms with Crippen LogP contribution in [0.1, 0.15) is 41.1 Å². The Balaban J connectivity index is 1.70. The summed E-state index contributed by atoms with van der Waals surface area (Å²) < 4.78 is 7.58. The second kappa shape index (κ2) is 6.03. The highest BCUT2D eigenvalue weighted by molar-refractivity contribution is 5.94. The zero-order valence-corrected chi connectivity index (χ0v) is 12.2. The fourth-order valence-electron chi connectivity index (χ4n) is 2.61. The Kier molecular flexibility index (Phi) is 3.94. The Morgan fingerprint density at radius 1 is 1.68 bits per heavy atom. The zero-order chi connectivity index (χ0) is 15.5. The van der Waals surface area contributed by atoms with Gasteiger partial charge in [-0.15, -0.1) is 0 Å². The maximum atomic E-state index is 12.3. The number of carbonyl (C=O) groups is 1. The number of amides is 1. The van der Waals surface area contributed by atoms with Gasteiger partial charge in [0.15, 0.2) is 0 Å². The van der Waals surface area contributed by atoms with E-state index in [1.165, 1.54) is 12.3 Å². The van der Waals surface area contributed by atoms with Crippen LogP contribution in [-0.2, 0) is 11.3 Å². The monoisotopic (exact) mass is 299 g/mol. The first-order valence-corrected chi connectivity index (χ1v) is 7.24. The molecule has 114 valence electrons. The van der Waals surface area contributed by atoms with Crippen LogP contribution in [0, 0.1) is 11.3 Å². The topological polar surface area (TPSA) is 95.7 Å². The van der Waals surface area contributed by atoms with Gasteiger partial charge < -0.3 is 15.0 Å². The quantitative estimate of drug-likeness (QED) is 0.891. The van der Waals surface area contributed by atoms with Crippen molar-refractivity contribution in [2.45, 2.75) is 32.0 Å². The van der Waals surface area contributed by atoms with Crippen molar-refractivity contribution in [2.24, 2.45) is 0 Å². The predicted molar refractivity (Wildman–Crippen MR) is 78.0 cm³/mol. The molecule has 1 aliphatic rings. The third kappa shape index (κ3) is 2.73. The van der Waals surface area contributed by atoms with Crippen LogP contribution in [0.3, 0.4) is 0 Å². The van der Waals surface area contributed by atoms with Gasteiger partial charge in [-0.2, -0.15) is 10.4 Å². The van der Waals surface area contributed by atoms with E-state index in [2.05, 4.69) is 15.4 Å². The minimum Gasteiger partial charge on any atom is -0.371 e. The highest BCUT2D eigenvalue weighted by Crippen LogP contribution is 2.29. The lowest BCUT2D eigenvalue weighted by atomic mass is 10.1. The van der Waals surface area contributed by atoms with Gasteiger partial charge in [-0.1, -0.05) is 0 Å². The highest BCUT2D eigenvalue weighted by Gasteiger charge is 2.32. The van der Waals surface area contributed by atoms with Crippen LogP contribution in [-0.4, -0.2) is 33.3 Å². The fourth-order valence-corrected chi connectivity index (χ4v) is 2.61. The van der Waals surface area contributed by atoms with Crippen molar-refractivity contribution in [2.75, 3.05) is 6.61 Å². The van der Waals surface area contributed by atoms with Crippen molar-refractivity contribution in [1.29, 1.82) is 5.26 Å². The summed E-state index contributed by atoms with van der Waals surface area (Å²) in [5, 5.41) is 16.0. The number of aromatic nitrogens is 3. The van der Waals surface area contributed by atoms with Gasteiger partial charge in [0.25, 0.3) is 5.91 Å². The summed E-state index contributed by atoms with van der Waals surface area (Å²) in [7, 11) is 0. The van der Waals surface area contributed by atoms with Crippen molar-refractivity contribution >= 4 is 5.91 Å². The van der Waals surface area contributed by atoms with E-state index in [4.69, 9.17) is 10.00 Å². The van der Waals surface area contributed by atoms with Gasteiger partial charge >= 0.3 is 0 Å². The number of aryl methyl sites for hydroxylation is 1. The molecule has 3 heterocycles. The van der Waals surface area contributed by atoms with E-state index in [0.717, 1.165) is 18.5 Å². The van der Waals surface area contributed by atoms with Crippen molar-refractivity contribution in [1.82, 2.24) is 20.1 Å². The number of rotatable bonds is 4. The number of hydrogen-bond donors (Lipinski definition) is 2. The molecule has 0 aromatic carbocycles. The Labute approximate surface area is 127 Å². The van der Waals surface area contributed by atoms with Crippen molar-refractivity contribution < 1.29 is 9.53 Å². The molecule has 0 saturated carbocycles. The summed E-state index contributed by atoms with van der Waals surface area (Å²) in [6.45, 7) is 3.41. The van der Waals surface area contributed by atoms with Gasteiger partial charge in [0.1, 0.15) is 17.9 Å². The van der Waals surface area contributed by atoms with Crippen LogP contribution in [0.4, 0.5) is 0 Å². The molecule has 1 aliphatic heterocycles. The molecule has 2 N–H and O–H groups in total. The van der Waals surface area contributed by atoms with Crippen molar-refractivity contribution in [3.63, 3.8) is 0 Å². The summed E-state index contributed by atoms with van der Waals surface area (Å²) in [6.07, 6.45) is 5.83. The Hall–Kier alpha value is -2.59. The Morgan fingerprint density at radius 3 is 3.23 bits per heavy atom. The van der Waals surface area contributed by atoms with Gasteiger partial charge in [-0.3, -0.25) is 9.48 Å². The second-order valence-electron chi connectivity index (χ2n) is 5.20. The number of H-pyrrole nitrogens is 1. The smallest absolute Gasteiger partial charge is 0.253 e. The lowest BCUT2D eigenvalue weighted by Crippen LogP contribution is -2.36. The second-order valence-corrected chi connectivity index (χ2v) is 5.20. The molecule has 0 bridgehead atoms. The molecule has 0 spiro atoms. The zero-order valence-electron chi connectivity index (χ0n) is 12.2. The van der Waals surface area contributed by atoms with E-state index in [1.54, 1.807) is 6.20 Å². The summed E-state index contributed by atoms with van der Waals surface area (Å²) >= 11 is 0. The van der Waals surface area contributed by atoms with E-state index in [9.17, 15) is 4.79 Å². The summed E-state index contributed by atoms with van der Waals surface area (Å²) in [5.74, 6) is -0.207. The molecule has 22 heavy (non-hydrogen) atoms. The molecule has 1 amide bonds. The predicted octanol–water partition coefficient (Wildman–Crippen LogP) is 1.36. The molecule has 0 radical (unpaired) electrons.